The zero-order valence-corrected chi connectivity index (χ0v) is 11.7. The Morgan fingerprint density at radius 1 is 1.05 bits per heavy atom. The molecule has 0 aliphatic rings. The number of nitrogens with one attached hydrogen (secondary N) is 1. The number of carbonyl (C=O) groups is 1. The van der Waals surface area contributed by atoms with E-state index in [4.69, 9.17) is 11.6 Å². The molecule has 0 saturated heterocycles. The van der Waals surface area contributed by atoms with Crippen LogP contribution in [0.3, 0.4) is 0 Å². The summed E-state index contributed by atoms with van der Waals surface area (Å²) in [4.78, 5) is 11.1. The average Bonchev–Trinajstić information content (AvgIpc) is 2.37. The molecule has 0 aromatic heterocycles. The van der Waals surface area contributed by atoms with Gasteiger partial charge in [-0.15, -0.1) is 0 Å². The number of hydrogen-bond donors (Lipinski definition) is 1. The first-order chi connectivity index (χ1) is 9.75. The normalized spacial score (nSPS) is 11.3. The number of halogens is 4. The van der Waals surface area contributed by atoms with Gasteiger partial charge in [-0.1, -0.05) is 23.7 Å². The summed E-state index contributed by atoms with van der Waals surface area (Å²) in [5.74, 6) is -0.434. The maximum absolute atomic E-state index is 12.9. The number of amides is 1. The van der Waals surface area contributed by atoms with Gasteiger partial charge in [-0.3, -0.25) is 4.79 Å². The van der Waals surface area contributed by atoms with E-state index >= 15 is 0 Å². The van der Waals surface area contributed by atoms with Gasteiger partial charge in [-0.2, -0.15) is 13.2 Å². The first-order valence-corrected chi connectivity index (χ1v) is 6.39. The molecule has 2 nitrogen and oxygen atoms in total. The number of rotatable bonds is 2. The van der Waals surface area contributed by atoms with E-state index in [-0.39, 0.29) is 5.69 Å². The number of carbonyl (C=O) groups excluding carboxylic acids is 1. The van der Waals surface area contributed by atoms with Crippen LogP contribution in [0.2, 0.25) is 5.02 Å². The predicted octanol–water partition coefficient (Wildman–Crippen LogP) is 4.98. The highest BCUT2D eigenvalue weighted by Gasteiger charge is 2.31. The second-order valence-electron chi connectivity index (χ2n) is 4.48. The molecule has 0 aliphatic heterocycles. The average molecular weight is 314 g/mol. The van der Waals surface area contributed by atoms with Crippen LogP contribution in [0.5, 0.6) is 0 Å². The second kappa shape index (κ2) is 5.77. The molecule has 0 unspecified atom stereocenters. The van der Waals surface area contributed by atoms with E-state index in [0.717, 1.165) is 12.1 Å². The summed E-state index contributed by atoms with van der Waals surface area (Å²) in [6.07, 6.45) is -4.49. The lowest BCUT2D eigenvalue weighted by molar-refractivity contribution is -0.137. The lowest BCUT2D eigenvalue weighted by atomic mass is 10.0. The third-order valence-electron chi connectivity index (χ3n) is 2.76. The predicted molar refractivity (Wildman–Crippen MR) is 76.2 cm³/mol. The largest absolute Gasteiger partial charge is 0.416 e. The van der Waals surface area contributed by atoms with Crippen LogP contribution in [0.15, 0.2) is 42.5 Å². The van der Waals surface area contributed by atoms with Gasteiger partial charge in [0.1, 0.15) is 0 Å². The van der Waals surface area contributed by atoms with Crippen LogP contribution in [-0.4, -0.2) is 5.91 Å². The van der Waals surface area contributed by atoms with E-state index in [9.17, 15) is 18.0 Å². The minimum atomic E-state index is -4.49. The van der Waals surface area contributed by atoms with Crippen LogP contribution in [0.25, 0.3) is 11.1 Å². The Labute approximate surface area is 124 Å². The van der Waals surface area contributed by atoms with Crippen molar-refractivity contribution in [3.05, 3.63) is 53.1 Å². The Balaban J connectivity index is 2.54. The van der Waals surface area contributed by atoms with Crippen LogP contribution in [-0.2, 0) is 11.0 Å². The molecule has 0 aliphatic carbocycles. The molecule has 0 atom stereocenters. The van der Waals surface area contributed by atoms with Crippen molar-refractivity contribution in [2.75, 3.05) is 5.32 Å². The Kier molecular flexibility index (Phi) is 4.23. The molecule has 1 N–H and O–H groups in total. The zero-order valence-electron chi connectivity index (χ0n) is 11.0. The van der Waals surface area contributed by atoms with E-state index in [2.05, 4.69) is 5.32 Å². The molecule has 110 valence electrons. The summed E-state index contributed by atoms with van der Waals surface area (Å²) in [7, 11) is 0. The minimum absolute atomic E-state index is 0.0993. The number of hydrogen-bond acceptors (Lipinski definition) is 1. The molecule has 0 spiro atoms. The highest BCUT2D eigenvalue weighted by Crippen LogP contribution is 2.35. The van der Waals surface area contributed by atoms with Crippen LogP contribution < -0.4 is 5.32 Å². The molecule has 0 radical (unpaired) electrons. The van der Waals surface area contributed by atoms with Gasteiger partial charge in [0.2, 0.25) is 5.91 Å². The van der Waals surface area contributed by atoms with Crippen molar-refractivity contribution in [1.82, 2.24) is 0 Å². The first kappa shape index (κ1) is 15.4. The maximum atomic E-state index is 12.9. The first-order valence-electron chi connectivity index (χ1n) is 6.01. The third kappa shape index (κ3) is 3.98. The van der Waals surface area contributed by atoms with Gasteiger partial charge < -0.3 is 5.32 Å². The van der Waals surface area contributed by atoms with Crippen molar-refractivity contribution in [3.8, 4) is 11.1 Å². The Hall–Kier alpha value is -2.01. The third-order valence-corrected chi connectivity index (χ3v) is 3.01. The molecule has 21 heavy (non-hydrogen) atoms. The Morgan fingerprint density at radius 3 is 2.19 bits per heavy atom. The van der Waals surface area contributed by atoms with E-state index < -0.39 is 17.6 Å². The monoisotopic (exact) mass is 313 g/mol. The summed E-state index contributed by atoms with van der Waals surface area (Å²) in [5, 5.41) is 2.87. The van der Waals surface area contributed by atoms with E-state index in [1.54, 1.807) is 24.3 Å². The number of benzene rings is 2. The maximum Gasteiger partial charge on any atom is 0.416 e. The van der Waals surface area contributed by atoms with Crippen molar-refractivity contribution in [2.45, 2.75) is 13.1 Å². The molecule has 2 aromatic rings. The second-order valence-corrected chi connectivity index (χ2v) is 4.92. The van der Waals surface area contributed by atoms with Gasteiger partial charge in [-0.25, -0.2) is 0 Å². The molecule has 0 fully saturated rings. The number of alkyl halides is 3. The van der Waals surface area contributed by atoms with Crippen LogP contribution in [0.4, 0.5) is 18.9 Å². The molecule has 0 heterocycles. The van der Waals surface area contributed by atoms with Gasteiger partial charge in [-0.05, 0) is 41.5 Å². The zero-order chi connectivity index (χ0) is 15.6. The SMILES string of the molecule is CC(=O)Nc1cc(-c2ccc(Cl)cc2)cc(C(F)(F)F)c1. The van der Waals surface area contributed by atoms with Gasteiger partial charge in [0.15, 0.2) is 0 Å². The van der Waals surface area contributed by atoms with Crippen molar-refractivity contribution in [1.29, 1.82) is 0 Å². The summed E-state index contributed by atoms with van der Waals surface area (Å²) < 4.78 is 38.8. The van der Waals surface area contributed by atoms with Crippen molar-refractivity contribution < 1.29 is 18.0 Å². The van der Waals surface area contributed by atoms with Gasteiger partial charge in [0.25, 0.3) is 0 Å². The van der Waals surface area contributed by atoms with Crippen LogP contribution in [0.1, 0.15) is 12.5 Å². The van der Waals surface area contributed by atoms with E-state index in [0.29, 0.717) is 16.1 Å². The smallest absolute Gasteiger partial charge is 0.326 e. The summed E-state index contributed by atoms with van der Waals surface area (Å²) in [6.45, 7) is 1.24. The topological polar surface area (TPSA) is 29.1 Å². The molecule has 2 aromatic carbocycles. The molecular weight excluding hydrogens is 303 g/mol. The van der Waals surface area contributed by atoms with E-state index in [1.165, 1.54) is 13.0 Å². The Morgan fingerprint density at radius 2 is 1.67 bits per heavy atom. The molecule has 1 amide bonds. The lowest BCUT2D eigenvalue weighted by Crippen LogP contribution is -2.09. The summed E-state index contributed by atoms with van der Waals surface area (Å²) in [6, 6.07) is 9.85. The van der Waals surface area contributed by atoms with Crippen LogP contribution in [0, 0.1) is 0 Å². The summed E-state index contributed by atoms with van der Waals surface area (Å²) in [5.41, 5.74) is 0.211. The molecular formula is C15H11ClF3NO. The fraction of sp³-hybridized carbons (Fsp3) is 0.133. The highest BCUT2D eigenvalue weighted by atomic mass is 35.5. The minimum Gasteiger partial charge on any atom is -0.326 e. The lowest BCUT2D eigenvalue weighted by Gasteiger charge is -2.13. The van der Waals surface area contributed by atoms with Crippen molar-refractivity contribution in [2.24, 2.45) is 0 Å². The van der Waals surface area contributed by atoms with Crippen molar-refractivity contribution >= 4 is 23.2 Å². The quantitative estimate of drug-likeness (QED) is 0.832. The van der Waals surface area contributed by atoms with E-state index in [1.807, 2.05) is 0 Å². The van der Waals surface area contributed by atoms with Crippen LogP contribution >= 0.6 is 11.6 Å². The summed E-state index contributed by atoms with van der Waals surface area (Å²) >= 11 is 5.77. The molecule has 6 heteroatoms. The fourth-order valence-electron chi connectivity index (χ4n) is 1.88. The van der Waals surface area contributed by atoms with Gasteiger partial charge in [0.05, 0.1) is 5.56 Å². The highest BCUT2D eigenvalue weighted by molar-refractivity contribution is 6.30. The Bertz CT molecular complexity index is 666. The molecule has 0 bridgehead atoms. The standard InChI is InChI=1S/C15H11ClF3NO/c1-9(21)20-14-7-11(6-12(8-14)15(17,18)19)10-2-4-13(16)5-3-10/h2-8H,1H3,(H,20,21). The fourth-order valence-corrected chi connectivity index (χ4v) is 2.00. The molecule has 0 saturated carbocycles. The number of anilines is 1. The van der Waals surface area contributed by atoms with Crippen molar-refractivity contribution in [3.63, 3.8) is 0 Å². The molecule has 2 rings (SSSR count). The van der Waals surface area contributed by atoms with Gasteiger partial charge in [0, 0.05) is 17.6 Å². The van der Waals surface area contributed by atoms with Gasteiger partial charge >= 0.3 is 6.18 Å².